The highest BCUT2D eigenvalue weighted by atomic mass is 32.2. The smallest absolute Gasteiger partial charge is 0.325 e. The fourth-order valence-electron chi connectivity index (χ4n) is 1.71. The predicted octanol–water partition coefficient (Wildman–Crippen LogP) is -0.511. The first-order valence-electron chi connectivity index (χ1n) is 5.78. The second-order valence-corrected chi connectivity index (χ2v) is 6.01. The Bertz CT molecular complexity index is 629. The van der Waals surface area contributed by atoms with E-state index in [4.69, 9.17) is 10.2 Å². The lowest BCUT2D eigenvalue weighted by molar-refractivity contribution is -0.137. The molecule has 1 heterocycles. The molecule has 8 nitrogen and oxygen atoms in total. The van der Waals surface area contributed by atoms with Crippen LogP contribution < -0.4 is 4.72 Å². The van der Waals surface area contributed by atoms with Crippen LogP contribution in [0.2, 0.25) is 0 Å². The number of aromatic nitrogens is 2. The number of carboxylic acid groups (broad SMARTS) is 1. The molecule has 0 saturated heterocycles. The van der Waals surface area contributed by atoms with E-state index < -0.39 is 41.6 Å². The van der Waals surface area contributed by atoms with Crippen LogP contribution in [0.25, 0.3) is 0 Å². The Morgan fingerprint density at radius 3 is 2.48 bits per heavy atom. The summed E-state index contributed by atoms with van der Waals surface area (Å²) in [5.41, 5.74) is 0.0988. The van der Waals surface area contributed by atoms with E-state index in [1.165, 1.54) is 13.8 Å². The Morgan fingerprint density at radius 2 is 2.00 bits per heavy atom. The van der Waals surface area contributed by atoms with Gasteiger partial charge in [-0.3, -0.25) is 9.48 Å². The number of halogens is 2. The molecule has 3 N–H and O–H groups in total. The van der Waals surface area contributed by atoms with Crippen molar-refractivity contribution in [2.45, 2.75) is 37.8 Å². The summed E-state index contributed by atoms with van der Waals surface area (Å²) in [6.45, 7) is 1.31. The van der Waals surface area contributed by atoms with Crippen molar-refractivity contribution in [2.24, 2.45) is 0 Å². The third kappa shape index (κ3) is 4.19. The Morgan fingerprint density at radius 1 is 1.43 bits per heavy atom. The first kappa shape index (κ1) is 17.5. The van der Waals surface area contributed by atoms with Crippen molar-refractivity contribution in [1.29, 1.82) is 0 Å². The molecular formula is C10H15F2N3O5S. The van der Waals surface area contributed by atoms with E-state index in [2.05, 4.69) is 5.10 Å². The summed E-state index contributed by atoms with van der Waals surface area (Å²) in [5, 5.41) is 21.4. The van der Waals surface area contributed by atoms with Crippen molar-refractivity contribution >= 4 is 16.0 Å². The highest BCUT2D eigenvalue weighted by Gasteiger charge is 2.27. The summed E-state index contributed by atoms with van der Waals surface area (Å²) in [5.74, 6) is -1.20. The number of aliphatic hydroxyl groups is 1. The molecule has 0 aliphatic rings. The van der Waals surface area contributed by atoms with Crippen LogP contribution in [0.15, 0.2) is 4.90 Å². The molecule has 21 heavy (non-hydrogen) atoms. The molecule has 0 radical (unpaired) electrons. The predicted molar refractivity (Wildman–Crippen MR) is 66.5 cm³/mol. The van der Waals surface area contributed by atoms with Crippen LogP contribution in [0, 0.1) is 13.8 Å². The van der Waals surface area contributed by atoms with Gasteiger partial charge in [0.2, 0.25) is 10.0 Å². The third-order valence-electron chi connectivity index (χ3n) is 2.64. The standard InChI is InChI=1S/C10H15F2N3O5S/c1-5-9(6(2)15(14-5)4-8(17)18)21(19,20)13-3-7(16)10(11)12/h7,10,13,16H,3-4H2,1-2H3,(H,17,18). The Hall–Kier alpha value is -1.59. The first-order valence-corrected chi connectivity index (χ1v) is 7.26. The van der Waals surface area contributed by atoms with Crippen LogP contribution in [-0.2, 0) is 21.4 Å². The second kappa shape index (κ2) is 6.45. The van der Waals surface area contributed by atoms with Gasteiger partial charge in [-0.25, -0.2) is 21.9 Å². The minimum atomic E-state index is -4.18. The number of nitrogens with zero attached hydrogens (tertiary/aromatic N) is 2. The SMILES string of the molecule is Cc1nn(CC(=O)O)c(C)c1S(=O)(=O)NCC(O)C(F)F. The van der Waals surface area contributed by atoms with Gasteiger partial charge in [0.1, 0.15) is 17.5 Å². The average Bonchev–Trinajstić information content (AvgIpc) is 2.61. The van der Waals surface area contributed by atoms with Crippen molar-refractivity contribution < 1.29 is 32.2 Å². The van der Waals surface area contributed by atoms with E-state index >= 15 is 0 Å². The van der Waals surface area contributed by atoms with E-state index in [0.29, 0.717) is 0 Å². The molecule has 0 bridgehead atoms. The van der Waals surface area contributed by atoms with Gasteiger partial charge in [-0.1, -0.05) is 0 Å². The van der Waals surface area contributed by atoms with Crippen LogP contribution in [0.3, 0.4) is 0 Å². The number of carboxylic acids is 1. The summed E-state index contributed by atoms with van der Waals surface area (Å²) < 4.78 is 51.2. The van der Waals surface area contributed by atoms with Crippen molar-refractivity contribution in [3.8, 4) is 0 Å². The molecule has 1 aromatic heterocycles. The van der Waals surface area contributed by atoms with Crippen LogP contribution in [0.4, 0.5) is 8.78 Å². The molecule has 1 aromatic rings. The molecule has 0 fully saturated rings. The lowest BCUT2D eigenvalue weighted by atomic mass is 10.4. The van der Waals surface area contributed by atoms with Gasteiger partial charge >= 0.3 is 5.97 Å². The average molecular weight is 327 g/mol. The number of hydrogen-bond acceptors (Lipinski definition) is 5. The zero-order valence-corrected chi connectivity index (χ0v) is 12.1. The maximum Gasteiger partial charge on any atom is 0.325 e. The van der Waals surface area contributed by atoms with E-state index in [9.17, 15) is 22.0 Å². The van der Waals surface area contributed by atoms with Crippen LogP contribution in [0.1, 0.15) is 11.4 Å². The third-order valence-corrected chi connectivity index (χ3v) is 4.32. The number of rotatable bonds is 7. The first-order chi connectivity index (χ1) is 9.56. The molecule has 0 saturated carbocycles. The Balaban J connectivity index is 3.03. The molecule has 0 aliphatic heterocycles. The summed E-state index contributed by atoms with van der Waals surface area (Å²) >= 11 is 0. The van der Waals surface area contributed by atoms with Crippen LogP contribution in [0.5, 0.6) is 0 Å². The number of nitrogens with one attached hydrogen (secondary N) is 1. The van der Waals surface area contributed by atoms with Crippen molar-refractivity contribution in [3.05, 3.63) is 11.4 Å². The number of carbonyl (C=O) groups is 1. The number of aryl methyl sites for hydroxylation is 1. The second-order valence-electron chi connectivity index (χ2n) is 4.31. The largest absolute Gasteiger partial charge is 0.480 e. The zero-order valence-electron chi connectivity index (χ0n) is 11.2. The van der Waals surface area contributed by atoms with Gasteiger partial charge in [0.15, 0.2) is 0 Å². The maximum absolute atomic E-state index is 12.1. The fourth-order valence-corrected chi connectivity index (χ4v) is 3.17. The zero-order chi connectivity index (χ0) is 16.4. The molecule has 1 rings (SSSR count). The van der Waals surface area contributed by atoms with Gasteiger partial charge in [0.25, 0.3) is 6.43 Å². The summed E-state index contributed by atoms with van der Waals surface area (Å²) in [7, 11) is -4.18. The number of alkyl halides is 2. The summed E-state index contributed by atoms with van der Waals surface area (Å²) in [4.78, 5) is 10.4. The minimum Gasteiger partial charge on any atom is -0.480 e. The van der Waals surface area contributed by atoms with E-state index in [0.717, 1.165) is 4.68 Å². The topological polar surface area (TPSA) is 122 Å². The maximum atomic E-state index is 12.1. The molecule has 11 heteroatoms. The van der Waals surface area contributed by atoms with Crippen LogP contribution >= 0.6 is 0 Å². The normalized spacial score (nSPS) is 13.6. The number of sulfonamides is 1. The molecular weight excluding hydrogens is 312 g/mol. The molecule has 0 aromatic carbocycles. The van der Waals surface area contributed by atoms with Crippen molar-refractivity contribution in [3.63, 3.8) is 0 Å². The highest BCUT2D eigenvalue weighted by molar-refractivity contribution is 7.89. The van der Waals surface area contributed by atoms with Gasteiger partial charge in [0, 0.05) is 6.54 Å². The monoisotopic (exact) mass is 327 g/mol. The van der Waals surface area contributed by atoms with Gasteiger partial charge < -0.3 is 10.2 Å². The molecule has 0 aliphatic carbocycles. The van der Waals surface area contributed by atoms with E-state index in [1.807, 2.05) is 4.72 Å². The van der Waals surface area contributed by atoms with E-state index in [1.54, 1.807) is 0 Å². The van der Waals surface area contributed by atoms with Gasteiger partial charge in [-0.2, -0.15) is 5.10 Å². The van der Waals surface area contributed by atoms with Gasteiger partial charge in [-0.15, -0.1) is 0 Å². The summed E-state index contributed by atoms with van der Waals surface area (Å²) in [6.07, 6.45) is -5.21. The van der Waals surface area contributed by atoms with Gasteiger partial charge in [0.05, 0.1) is 11.4 Å². The lowest BCUT2D eigenvalue weighted by Crippen LogP contribution is -2.36. The highest BCUT2D eigenvalue weighted by Crippen LogP contribution is 2.19. The molecule has 0 amide bonds. The van der Waals surface area contributed by atoms with Crippen molar-refractivity contribution in [2.75, 3.05) is 6.54 Å². The Labute approximate surface area is 119 Å². The fraction of sp³-hybridized carbons (Fsp3) is 0.600. The molecule has 0 spiro atoms. The van der Waals surface area contributed by atoms with Crippen LogP contribution in [-0.4, -0.2) is 53.5 Å². The summed E-state index contributed by atoms with van der Waals surface area (Å²) in [6, 6.07) is 0. The number of hydrogen-bond donors (Lipinski definition) is 3. The Kier molecular flexibility index (Phi) is 5.36. The molecule has 1 unspecified atom stereocenters. The quantitative estimate of drug-likeness (QED) is 0.620. The van der Waals surface area contributed by atoms with Gasteiger partial charge in [-0.05, 0) is 13.8 Å². The van der Waals surface area contributed by atoms with E-state index in [-0.39, 0.29) is 16.3 Å². The molecule has 120 valence electrons. The number of aliphatic carboxylic acids is 1. The van der Waals surface area contributed by atoms with Crippen molar-refractivity contribution in [1.82, 2.24) is 14.5 Å². The number of aliphatic hydroxyl groups excluding tert-OH is 1. The lowest BCUT2D eigenvalue weighted by Gasteiger charge is -2.11. The minimum absolute atomic E-state index is 0.0350. The molecule has 1 atom stereocenters.